The molecule has 29 nitrogen and oxygen atoms in total. The average molecular weight is 1510 g/mol. The molecule has 2 fully saturated rings. The van der Waals surface area contributed by atoms with E-state index in [2.05, 4.69) is 40.9 Å². The van der Waals surface area contributed by atoms with Gasteiger partial charge in [0.25, 0.3) is 32.1 Å². The van der Waals surface area contributed by atoms with Crippen LogP contribution in [0.5, 0.6) is 11.5 Å². The molecule has 0 spiro atoms. The molecule has 0 bridgehead atoms. The maximum Gasteiger partial charge on any atom is 0.294 e. The number of rotatable bonds is 31. The molecule has 104 heavy (non-hydrogen) atoms. The van der Waals surface area contributed by atoms with Crippen LogP contribution in [0.2, 0.25) is 0 Å². The average Bonchev–Trinajstić information content (AvgIpc) is 1.17. The molecule has 0 radical (unpaired) electrons. The lowest BCUT2D eigenvalue weighted by Gasteiger charge is -2.27. The summed E-state index contributed by atoms with van der Waals surface area (Å²) in [7, 11) is -5.87. The standard InChI is InChI=1S/C70H79N17O12S5/c1-9-84(10-2)56-38-52(54(40-58(56)98-7)80-82-69-75-62(86-32-18-14-19-33-86)60(101-69)36-50(43(5)88)64(90)71-46-24-28-48(29-25-46)103(92,93)94)73-66-77-67(79-68(78-66)100-42-45-22-16-13-17-23-45)74-53-39-57(85(11-3)12-4)59(99-8)41-55(53)81-83-70-76-63(87-34-20-15-21-35-87)61(102-70)37-51(44(6)89)65(91)72-47-26-30-49(31-27-47)104(95,96)97/h13,16-17,22-31,36-41H,9-12,14-15,18-21,32-35,42H2,1-8H3,(H,71,90)(H,72,91)(H,92,93,94)(H,95,96,97)(H2,73,74,77,78,79). The third kappa shape index (κ3) is 19.6. The van der Waals surface area contributed by atoms with E-state index < -0.39 is 43.6 Å². The van der Waals surface area contributed by atoms with Gasteiger partial charge in [-0.15, -0.1) is 20.5 Å². The first kappa shape index (κ1) is 76.5. The molecular formula is C70H79N17O12S5. The molecule has 2 aliphatic heterocycles. The number of carbonyl (C=O) groups is 4. The van der Waals surface area contributed by atoms with E-state index in [-0.39, 0.29) is 54.5 Å². The summed E-state index contributed by atoms with van der Waals surface area (Å²) in [6, 6.07) is 26.8. The zero-order valence-electron chi connectivity index (χ0n) is 58.4. The maximum atomic E-state index is 13.9. The highest BCUT2D eigenvalue weighted by Gasteiger charge is 2.27. The number of thioether (sulfide) groups is 1. The lowest BCUT2D eigenvalue weighted by atomic mass is 10.1. The van der Waals surface area contributed by atoms with Gasteiger partial charge in [-0.05, 0) is 158 Å². The van der Waals surface area contributed by atoms with Crippen molar-refractivity contribution in [2.45, 2.75) is 101 Å². The number of methoxy groups -OCH3 is 2. The van der Waals surface area contributed by atoms with Gasteiger partial charge in [0.15, 0.2) is 16.7 Å². The van der Waals surface area contributed by atoms with Gasteiger partial charge >= 0.3 is 0 Å². The summed E-state index contributed by atoms with van der Waals surface area (Å²) in [4.78, 5) is 87.8. The number of hydrogen-bond acceptors (Lipinski definition) is 28. The van der Waals surface area contributed by atoms with Crippen LogP contribution in [0.3, 0.4) is 0 Å². The minimum Gasteiger partial charge on any atom is -0.494 e. The third-order valence-corrected chi connectivity index (χ3v) is 21.2. The number of Topliss-reactive ketones (excluding diaryl/α,β-unsaturated/α-hetero) is 2. The van der Waals surface area contributed by atoms with Gasteiger partial charge in [0.1, 0.15) is 34.5 Å². The van der Waals surface area contributed by atoms with E-state index in [9.17, 15) is 45.1 Å². The van der Waals surface area contributed by atoms with Gasteiger partial charge in [0.05, 0.1) is 67.7 Å². The van der Waals surface area contributed by atoms with Crippen molar-refractivity contribution in [3.8, 4) is 11.5 Å². The smallest absolute Gasteiger partial charge is 0.294 e. The molecule has 0 saturated carbocycles. The number of hydrogen-bond donors (Lipinski definition) is 6. The van der Waals surface area contributed by atoms with E-state index in [0.29, 0.717) is 119 Å². The number of aromatic nitrogens is 5. The Morgan fingerprint density at radius 2 is 0.942 bits per heavy atom. The van der Waals surface area contributed by atoms with Gasteiger partial charge in [-0.1, -0.05) is 64.8 Å². The highest BCUT2D eigenvalue weighted by atomic mass is 32.2. The maximum absolute atomic E-state index is 13.9. The Kier molecular flexibility index (Phi) is 25.7. The highest BCUT2D eigenvalue weighted by Crippen LogP contribution is 2.45. The Balaban J connectivity index is 1.04. The number of anilines is 10. The fourth-order valence-electron chi connectivity index (χ4n) is 11.4. The van der Waals surface area contributed by atoms with Gasteiger partial charge < -0.3 is 50.3 Å². The SMILES string of the molecule is CCN(CC)c1cc(Nc2nc(Nc3cc(N(CC)CC)c(OC)cc3N=Nc3nc(N4CCCCC4)c(C=C(C(C)=O)C(=O)Nc4ccc(S(=O)(=O)O)cc4)s3)nc(SCc3ccccc3)n2)c(N=Nc2nc(N3CCCCC3)c(C=C(C(C)=O)C(=O)Nc3ccc(S(=O)(=O)O)cc3)s2)cc1OC. The number of amides is 2. The molecule has 2 saturated heterocycles. The molecule has 2 amide bonds. The second-order valence-corrected chi connectivity index (χ2v) is 29.5. The number of ketones is 2. The molecule has 6 N–H and O–H groups in total. The fraction of sp³-hybridized carbons (Fsp3) is 0.329. The van der Waals surface area contributed by atoms with Gasteiger partial charge in [-0.2, -0.15) is 41.8 Å². The molecule has 0 atom stereocenters. The van der Waals surface area contributed by atoms with Crippen LogP contribution in [-0.2, 0) is 45.2 Å². The number of ether oxygens (including phenoxy) is 2. The summed E-state index contributed by atoms with van der Waals surface area (Å²) in [5, 5.41) is 32.0. The Morgan fingerprint density at radius 3 is 1.30 bits per heavy atom. The molecule has 0 aliphatic carbocycles. The van der Waals surface area contributed by atoms with Crippen LogP contribution in [0.1, 0.15) is 95.4 Å². The van der Waals surface area contributed by atoms with Crippen molar-refractivity contribution in [3.63, 3.8) is 0 Å². The molecule has 546 valence electrons. The molecule has 8 aromatic rings. The molecule has 5 aromatic carbocycles. The van der Waals surface area contributed by atoms with E-state index in [1.54, 1.807) is 26.4 Å². The molecular weight excluding hydrogens is 1430 g/mol. The first-order chi connectivity index (χ1) is 49.9. The largest absolute Gasteiger partial charge is 0.494 e. The van der Waals surface area contributed by atoms with Crippen molar-refractivity contribution >= 4 is 169 Å². The van der Waals surface area contributed by atoms with Crippen molar-refractivity contribution in [2.75, 3.05) is 107 Å². The predicted octanol–water partition coefficient (Wildman–Crippen LogP) is 14.8. The zero-order valence-corrected chi connectivity index (χ0v) is 62.5. The molecule has 0 unspecified atom stereocenters. The topological polar surface area (TPSA) is 370 Å². The molecule has 2 aliphatic rings. The first-order valence-electron chi connectivity index (χ1n) is 33.4. The Morgan fingerprint density at radius 1 is 0.548 bits per heavy atom. The van der Waals surface area contributed by atoms with Gasteiger partial charge in [0, 0.05) is 81.6 Å². The Bertz CT molecular complexity index is 4530. The van der Waals surface area contributed by atoms with Crippen molar-refractivity contribution in [3.05, 3.63) is 130 Å². The van der Waals surface area contributed by atoms with Crippen LogP contribution in [0.15, 0.2) is 150 Å². The van der Waals surface area contributed by atoms with E-state index in [1.807, 2.05) is 70.2 Å². The number of carbonyl (C=O) groups excluding carboxylic acids is 4. The molecule has 10 rings (SSSR count). The minimum atomic E-state index is -4.50. The van der Waals surface area contributed by atoms with Crippen molar-refractivity contribution in [1.82, 2.24) is 24.9 Å². The monoisotopic (exact) mass is 1510 g/mol. The number of nitrogens with one attached hydrogen (secondary N) is 4. The summed E-state index contributed by atoms with van der Waals surface area (Å²) < 4.78 is 78.0. The Labute approximate surface area is 615 Å². The van der Waals surface area contributed by atoms with Crippen LogP contribution in [0.4, 0.5) is 79.3 Å². The Hall–Kier alpha value is -10.1. The summed E-state index contributed by atoms with van der Waals surface area (Å²) in [6.45, 7) is 15.7. The lowest BCUT2D eigenvalue weighted by molar-refractivity contribution is -0.120. The number of thiazole rings is 2. The van der Waals surface area contributed by atoms with E-state index in [1.165, 1.54) is 62.0 Å². The lowest BCUT2D eigenvalue weighted by Crippen LogP contribution is -2.30. The summed E-state index contributed by atoms with van der Waals surface area (Å²) in [5.74, 6) is 0.0659. The molecule has 3 aromatic heterocycles. The van der Waals surface area contributed by atoms with Crippen LogP contribution in [-0.4, -0.2) is 141 Å². The second kappa shape index (κ2) is 34.9. The molecule has 34 heteroatoms. The number of piperidine rings is 2. The third-order valence-electron chi connectivity index (χ3n) is 16.8. The molecule has 5 heterocycles. The quantitative estimate of drug-likeness (QED) is 0.00587. The fourth-order valence-corrected chi connectivity index (χ4v) is 14.9. The first-order valence-corrected chi connectivity index (χ1v) is 38.9. The number of nitrogens with zero attached hydrogens (tertiary/aromatic N) is 13. The van der Waals surface area contributed by atoms with Gasteiger partial charge in [-0.25, -0.2) is 0 Å². The van der Waals surface area contributed by atoms with Crippen LogP contribution in [0.25, 0.3) is 12.2 Å². The van der Waals surface area contributed by atoms with Gasteiger partial charge in [0.2, 0.25) is 22.2 Å². The summed E-state index contributed by atoms with van der Waals surface area (Å²) in [6.07, 6.45) is 8.48. The van der Waals surface area contributed by atoms with Crippen LogP contribution >= 0.6 is 34.4 Å². The number of azo groups is 2. The van der Waals surface area contributed by atoms with Gasteiger partial charge in [-0.3, -0.25) is 28.3 Å². The zero-order chi connectivity index (χ0) is 74.2. The van der Waals surface area contributed by atoms with Crippen LogP contribution < -0.4 is 50.3 Å². The van der Waals surface area contributed by atoms with Crippen molar-refractivity contribution in [2.24, 2.45) is 20.5 Å². The number of benzene rings is 5. The summed E-state index contributed by atoms with van der Waals surface area (Å²) in [5.41, 5.74) is 3.83. The second-order valence-electron chi connectivity index (χ2n) is 23.7. The van der Waals surface area contributed by atoms with Crippen LogP contribution in [0, 0.1) is 0 Å². The minimum absolute atomic E-state index is 0.103. The predicted molar refractivity (Wildman–Crippen MR) is 407 cm³/mol. The van der Waals surface area contributed by atoms with E-state index >= 15 is 0 Å². The highest BCUT2D eigenvalue weighted by molar-refractivity contribution is 7.98. The normalized spacial score (nSPS) is 13.8. The van der Waals surface area contributed by atoms with Crippen molar-refractivity contribution < 1.29 is 54.6 Å². The van der Waals surface area contributed by atoms with E-state index in [0.717, 1.165) is 102 Å². The summed E-state index contributed by atoms with van der Waals surface area (Å²) >= 11 is 3.61. The van der Waals surface area contributed by atoms with Crippen molar-refractivity contribution in [1.29, 1.82) is 0 Å². The van der Waals surface area contributed by atoms with E-state index in [4.69, 9.17) is 54.9 Å².